The lowest BCUT2D eigenvalue weighted by molar-refractivity contribution is 0.210. The molecule has 0 radical (unpaired) electrons. The molecule has 0 aliphatic rings. The van der Waals surface area contributed by atoms with Crippen LogP contribution < -0.4 is 10.6 Å². The Morgan fingerprint density at radius 2 is 2.22 bits per heavy atom. The molecule has 6 nitrogen and oxygen atoms in total. The summed E-state index contributed by atoms with van der Waals surface area (Å²) in [4.78, 5) is 12.9. The number of pyridine rings is 1. The molecule has 0 saturated heterocycles. The van der Waals surface area contributed by atoms with Gasteiger partial charge in [-0.3, -0.25) is 0 Å². The molecule has 0 atom stereocenters. The van der Waals surface area contributed by atoms with E-state index in [2.05, 4.69) is 41.5 Å². The molecule has 2 aromatic rings. The molecule has 2 heterocycles. The van der Waals surface area contributed by atoms with Crippen molar-refractivity contribution in [3.63, 3.8) is 0 Å². The molecule has 96 valence electrons. The lowest BCUT2D eigenvalue weighted by atomic mass is 10.3. The van der Waals surface area contributed by atoms with Gasteiger partial charge in [-0.25, -0.2) is 9.97 Å². The van der Waals surface area contributed by atoms with E-state index in [9.17, 15) is 0 Å². The van der Waals surface area contributed by atoms with Crippen molar-refractivity contribution in [2.24, 2.45) is 0 Å². The summed E-state index contributed by atoms with van der Waals surface area (Å²) in [5.41, 5.74) is 0.650. The van der Waals surface area contributed by atoms with Gasteiger partial charge in [0.1, 0.15) is 5.82 Å². The Morgan fingerprint density at radius 3 is 2.94 bits per heavy atom. The maximum absolute atomic E-state index is 4.99. The molecule has 18 heavy (non-hydrogen) atoms. The van der Waals surface area contributed by atoms with Crippen LogP contribution in [-0.2, 0) is 4.74 Å². The Morgan fingerprint density at radius 1 is 1.39 bits per heavy atom. The van der Waals surface area contributed by atoms with E-state index in [1.165, 1.54) is 0 Å². The van der Waals surface area contributed by atoms with Gasteiger partial charge < -0.3 is 15.4 Å². The van der Waals surface area contributed by atoms with Crippen LogP contribution in [0, 0.1) is 0 Å². The first kappa shape index (κ1) is 13.0. The van der Waals surface area contributed by atoms with Gasteiger partial charge in [-0.15, -0.1) is 0 Å². The van der Waals surface area contributed by atoms with E-state index in [1.807, 2.05) is 6.07 Å². The Kier molecular flexibility index (Phi) is 4.27. The van der Waals surface area contributed by atoms with Crippen LogP contribution in [0.5, 0.6) is 0 Å². The number of rotatable bonds is 5. The van der Waals surface area contributed by atoms with Gasteiger partial charge >= 0.3 is 0 Å². The minimum Gasteiger partial charge on any atom is -0.383 e. The molecule has 7 heteroatoms. The van der Waals surface area contributed by atoms with Gasteiger partial charge in [0.05, 0.1) is 11.1 Å². The molecule has 0 saturated carbocycles. The molecule has 2 N–H and O–H groups in total. The largest absolute Gasteiger partial charge is 0.383 e. The summed E-state index contributed by atoms with van der Waals surface area (Å²) < 4.78 is 5.87. The van der Waals surface area contributed by atoms with Gasteiger partial charge in [0.25, 0.3) is 0 Å². The molecule has 0 spiro atoms. The first-order valence-corrected chi connectivity index (χ1v) is 6.27. The third-order valence-electron chi connectivity index (χ3n) is 2.34. The van der Waals surface area contributed by atoms with Gasteiger partial charge in [0.15, 0.2) is 5.65 Å². The standard InChI is InChI=1S/C11H14BrN5O/c1-13-11-15-6-7-5-8(12)10(14-3-4-18-2)16-9(7)17-11/h5-6H,3-4H2,1-2H3,(H2,13,14,15,16,17). The van der Waals surface area contributed by atoms with Crippen LogP contribution in [0.25, 0.3) is 11.0 Å². The molecular formula is C11H14BrN5O. The zero-order valence-electron chi connectivity index (χ0n) is 10.2. The van der Waals surface area contributed by atoms with Crippen LogP contribution in [0.4, 0.5) is 11.8 Å². The van der Waals surface area contributed by atoms with E-state index >= 15 is 0 Å². The average Bonchev–Trinajstić information content (AvgIpc) is 2.39. The molecular weight excluding hydrogens is 298 g/mol. The van der Waals surface area contributed by atoms with Gasteiger partial charge in [0.2, 0.25) is 5.95 Å². The van der Waals surface area contributed by atoms with E-state index < -0.39 is 0 Å². The van der Waals surface area contributed by atoms with Gasteiger partial charge in [-0.05, 0) is 22.0 Å². The summed E-state index contributed by atoms with van der Waals surface area (Å²) in [5, 5.41) is 6.96. The molecule has 0 bridgehead atoms. The van der Waals surface area contributed by atoms with Crippen molar-refractivity contribution in [3.8, 4) is 0 Å². The van der Waals surface area contributed by atoms with Crippen molar-refractivity contribution in [2.75, 3.05) is 37.9 Å². The summed E-state index contributed by atoms with van der Waals surface area (Å²) in [6.45, 7) is 1.31. The highest BCUT2D eigenvalue weighted by Crippen LogP contribution is 2.24. The second kappa shape index (κ2) is 5.92. The maximum atomic E-state index is 4.99. The number of halogens is 1. The number of aromatic nitrogens is 3. The Labute approximate surface area is 113 Å². The van der Waals surface area contributed by atoms with Crippen LogP contribution in [0.1, 0.15) is 0 Å². The SMILES string of the molecule is CNc1ncc2cc(Br)c(NCCOC)nc2n1. The zero-order chi connectivity index (χ0) is 13.0. The normalized spacial score (nSPS) is 10.6. The highest BCUT2D eigenvalue weighted by atomic mass is 79.9. The number of methoxy groups -OCH3 is 1. The van der Waals surface area contributed by atoms with Crippen molar-refractivity contribution >= 4 is 38.7 Å². The molecule has 2 aromatic heterocycles. The number of anilines is 2. The van der Waals surface area contributed by atoms with Crippen molar-refractivity contribution in [1.29, 1.82) is 0 Å². The van der Waals surface area contributed by atoms with Crippen LogP contribution in [-0.4, -0.2) is 42.3 Å². The number of hydrogen-bond donors (Lipinski definition) is 2. The fourth-order valence-corrected chi connectivity index (χ4v) is 1.93. The van der Waals surface area contributed by atoms with Crippen LogP contribution in [0.15, 0.2) is 16.7 Å². The molecule has 0 aliphatic heterocycles. The van der Waals surface area contributed by atoms with Gasteiger partial charge in [0, 0.05) is 32.3 Å². The van der Waals surface area contributed by atoms with Crippen LogP contribution in [0.3, 0.4) is 0 Å². The summed E-state index contributed by atoms with van der Waals surface area (Å²) in [6, 6.07) is 1.94. The topological polar surface area (TPSA) is 72.0 Å². The lowest BCUT2D eigenvalue weighted by Gasteiger charge is -2.08. The fraction of sp³-hybridized carbons (Fsp3) is 0.364. The Hall–Kier alpha value is -1.47. The van der Waals surface area contributed by atoms with Crippen LogP contribution >= 0.6 is 15.9 Å². The molecule has 2 rings (SSSR count). The first-order valence-electron chi connectivity index (χ1n) is 5.48. The smallest absolute Gasteiger partial charge is 0.224 e. The Balaban J connectivity index is 2.32. The summed E-state index contributed by atoms with van der Waals surface area (Å²) in [5.74, 6) is 1.31. The molecule has 0 amide bonds. The van der Waals surface area contributed by atoms with E-state index in [0.717, 1.165) is 15.7 Å². The van der Waals surface area contributed by atoms with Gasteiger partial charge in [-0.1, -0.05) is 0 Å². The number of ether oxygens (including phenoxy) is 1. The zero-order valence-corrected chi connectivity index (χ0v) is 11.8. The van der Waals surface area contributed by atoms with E-state index in [0.29, 0.717) is 24.7 Å². The Bertz CT molecular complexity index is 548. The van der Waals surface area contributed by atoms with Crippen molar-refractivity contribution < 1.29 is 4.74 Å². The third-order valence-corrected chi connectivity index (χ3v) is 2.95. The molecule has 0 fully saturated rings. The van der Waals surface area contributed by atoms with Crippen LogP contribution in [0.2, 0.25) is 0 Å². The van der Waals surface area contributed by atoms with Crippen molar-refractivity contribution in [1.82, 2.24) is 15.0 Å². The average molecular weight is 312 g/mol. The predicted molar refractivity (Wildman–Crippen MR) is 74.9 cm³/mol. The molecule has 0 aliphatic carbocycles. The first-order chi connectivity index (χ1) is 8.74. The number of fused-ring (bicyclic) bond motifs is 1. The second-order valence-corrected chi connectivity index (χ2v) is 4.45. The summed E-state index contributed by atoms with van der Waals surface area (Å²) in [7, 11) is 3.44. The van der Waals surface area contributed by atoms with E-state index in [1.54, 1.807) is 20.4 Å². The lowest BCUT2D eigenvalue weighted by Crippen LogP contribution is -2.09. The quantitative estimate of drug-likeness (QED) is 0.822. The third kappa shape index (κ3) is 2.85. The fourth-order valence-electron chi connectivity index (χ4n) is 1.45. The monoisotopic (exact) mass is 311 g/mol. The minimum atomic E-state index is 0.556. The van der Waals surface area contributed by atoms with E-state index in [-0.39, 0.29) is 0 Å². The van der Waals surface area contributed by atoms with Gasteiger partial charge in [-0.2, -0.15) is 4.98 Å². The second-order valence-electron chi connectivity index (χ2n) is 3.59. The van der Waals surface area contributed by atoms with Crippen molar-refractivity contribution in [3.05, 3.63) is 16.7 Å². The highest BCUT2D eigenvalue weighted by Gasteiger charge is 2.06. The molecule has 0 unspecified atom stereocenters. The summed E-state index contributed by atoms with van der Waals surface area (Å²) in [6.07, 6.45) is 1.74. The van der Waals surface area contributed by atoms with Crippen molar-refractivity contribution in [2.45, 2.75) is 0 Å². The number of nitrogens with one attached hydrogen (secondary N) is 2. The maximum Gasteiger partial charge on any atom is 0.224 e. The molecule has 0 aromatic carbocycles. The number of hydrogen-bond acceptors (Lipinski definition) is 6. The van der Waals surface area contributed by atoms with E-state index in [4.69, 9.17) is 4.74 Å². The summed E-state index contributed by atoms with van der Waals surface area (Å²) >= 11 is 3.47. The predicted octanol–water partition coefficient (Wildman–Crippen LogP) is 1.89. The minimum absolute atomic E-state index is 0.556. The number of nitrogens with zero attached hydrogens (tertiary/aromatic N) is 3. The highest BCUT2D eigenvalue weighted by molar-refractivity contribution is 9.10.